The Balaban J connectivity index is 1.66. The van der Waals surface area contributed by atoms with Crippen molar-refractivity contribution in [3.05, 3.63) is 24.3 Å². The summed E-state index contributed by atoms with van der Waals surface area (Å²) in [7, 11) is 0. The van der Waals surface area contributed by atoms with Crippen LogP contribution in [0.2, 0.25) is 0 Å². The number of piperazine rings is 1. The van der Waals surface area contributed by atoms with Crippen molar-refractivity contribution in [1.29, 1.82) is 0 Å². The number of nitrogens with one attached hydrogen (secondary N) is 3. The SMILES string of the molecule is CC(C)NCC(O)COc1ccc(NC(=O)CCN2CCNCC2)cc1. The van der Waals surface area contributed by atoms with Crippen LogP contribution in [0.4, 0.5) is 5.69 Å². The van der Waals surface area contributed by atoms with Crippen molar-refractivity contribution in [1.82, 2.24) is 15.5 Å². The van der Waals surface area contributed by atoms with Gasteiger partial charge in [-0.2, -0.15) is 0 Å². The number of carbonyl (C=O) groups excluding carboxylic acids is 1. The van der Waals surface area contributed by atoms with E-state index in [9.17, 15) is 9.90 Å². The van der Waals surface area contributed by atoms with Crippen LogP contribution in [0, 0.1) is 0 Å². The van der Waals surface area contributed by atoms with Crippen molar-refractivity contribution in [2.24, 2.45) is 0 Å². The second-order valence-corrected chi connectivity index (χ2v) is 6.94. The normalized spacial score (nSPS) is 16.5. The van der Waals surface area contributed by atoms with Crippen LogP contribution in [0.5, 0.6) is 5.75 Å². The lowest BCUT2D eigenvalue weighted by molar-refractivity contribution is -0.116. The van der Waals surface area contributed by atoms with Gasteiger partial charge >= 0.3 is 0 Å². The summed E-state index contributed by atoms with van der Waals surface area (Å²) in [6.07, 6.45) is -0.0606. The number of benzene rings is 1. The minimum Gasteiger partial charge on any atom is -0.491 e. The van der Waals surface area contributed by atoms with Crippen molar-refractivity contribution in [3.63, 3.8) is 0 Å². The fourth-order valence-electron chi connectivity index (χ4n) is 2.68. The number of amides is 1. The molecule has 0 radical (unpaired) electrons. The first-order chi connectivity index (χ1) is 12.5. The van der Waals surface area contributed by atoms with Crippen LogP contribution < -0.4 is 20.7 Å². The predicted octanol–water partition coefficient (Wildman–Crippen LogP) is 0.658. The Morgan fingerprint density at radius 2 is 1.96 bits per heavy atom. The van der Waals surface area contributed by atoms with E-state index < -0.39 is 6.10 Å². The highest BCUT2D eigenvalue weighted by atomic mass is 16.5. The third-order valence-electron chi connectivity index (χ3n) is 4.21. The monoisotopic (exact) mass is 364 g/mol. The fourth-order valence-corrected chi connectivity index (χ4v) is 2.68. The zero-order chi connectivity index (χ0) is 18.8. The third-order valence-corrected chi connectivity index (χ3v) is 4.21. The van der Waals surface area contributed by atoms with E-state index in [1.54, 1.807) is 12.1 Å². The molecule has 1 aromatic rings. The molecule has 0 bridgehead atoms. The van der Waals surface area contributed by atoms with Crippen LogP contribution in [-0.4, -0.2) is 73.9 Å². The molecule has 1 amide bonds. The molecule has 1 unspecified atom stereocenters. The van der Waals surface area contributed by atoms with Gasteiger partial charge in [-0.3, -0.25) is 4.79 Å². The Hall–Kier alpha value is -1.67. The van der Waals surface area contributed by atoms with Crippen LogP contribution in [0.1, 0.15) is 20.3 Å². The van der Waals surface area contributed by atoms with Gasteiger partial charge in [0, 0.05) is 57.4 Å². The van der Waals surface area contributed by atoms with E-state index in [0.717, 1.165) is 38.4 Å². The summed E-state index contributed by atoms with van der Waals surface area (Å²) in [5.41, 5.74) is 0.754. The molecule has 0 aliphatic carbocycles. The molecule has 1 fully saturated rings. The molecule has 26 heavy (non-hydrogen) atoms. The molecule has 0 saturated carbocycles. The molecule has 4 N–H and O–H groups in total. The molecule has 1 saturated heterocycles. The number of ether oxygens (including phenoxy) is 1. The Morgan fingerprint density at radius 1 is 1.27 bits per heavy atom. The van der Waals surface area contributed by atoms with Gasteiger partial charge in [0.05, 0.1) is 0 Å². The van der Waals surface area contributed by atoms with Gasteiger partial charge in [-0.25, -0.2) is 0 Å². The van der Waals surface area contributed by atoms with E-state index >= 15 is 0 Å². The van der Waals surface area contributed by atoms with Gasteiger partial charge in [-0.1, -0.05) is 13.8 Å². The summed E-state index contributed by atoms with van der Waals surface area (Å²) < 4.78 is 5.57. The number of aliphatic hydroxyl groups is 1. The van der Waals surface area contributed by atoms with Crippen LogP contribution in [-0.2, 0) is 4.79 Å². The first-order valence-corrected chi connectivity index (χ1v) is 9.40. The van der Waals surface area contributed by atoms with Crippen LogP contribution >= 0.6 is 0 Å². The lowest BCUT2D eigenvalue weighted by atomic mass is 10.2. The molecule has 7 heteroatoms. The number of hydrogen-bond donors (Lipinski definition) is 4. The molecule has 146 valence electrons. The molecule has 2 rings (SSSR count). The minimum absolute atomic E-state index is 0.0207. The molecular weight excluding hydrogens is 332 g/mol. The molecular formula is C19H32N4O3. The van der Waals surface area contributed by atoms with E-state index in [2.05, 4.69) is 20.9 Å². The maximum Gasteiger partial charge on any atom is 0.225 e. The lowest BCUT2D eigenvalue weighted by Gasteiger charge is -2.26. The largest absolute Gasteiger partial charge is 0.491 e. The first-order valence-electron chi connectivity index (χ1n) is 9.40. The molecule has 7 nitrogen and oxygen atoms in total. The predicted molar refractivity (Wildman–Crippen MR) is 104 cm³/mol. The molecule has 0 spiro atoms. The third kappa shape index (κ3) is 8.14. The van der Waals surface area contributed by atoms with Crippen molar-refractivity contribution in [3.8, 4) is 5.75 Å². The Bertz CT molecular complexity index is 530. The summed E-state index contributed by atoms with van der Waals surface area (Å²) in [5.74, 6) is 0.694. The molecule has 0 aromatic heterocycles. The Kier molecular flexibility index (Phi) is 8.84. The highest BCUT2D eigenvalue weighted by Crippen LogP contribution is 2.16. The lowest BCUT2D eigenvalue weighted by Crippen LogP contribution is -2.44. The molecule has 1 aliphatic rings. The van der Waals surface area contributed by atoms with E-state index in [1.807, 2.05) is 26.0 Å². The van der Waals surface area contributed by atoms with E-state index in [1.165, 1.54) is 0 Å². The summed E-state index contributed by atoms with van der Waals surface area (Å²) >= 11 is 0. The Morgan fingerprint density at radius 3 is 2.62 bits per heavy atom. The van der Waals surface area contributed by atoms with Gasteiger partial charge in [0.2, 0.25) is 5.91 Å². The molecule has 1 atom stereocenters. The highest BCUT2D eigenvalue weighted by Gasteiger charge is 2.11. The maximum atomic E-state index is 12.1. The fraction of sp³-hybridized carbons (Fsp3) is 0.632. The number of carbonyl (C=O) groups is 1. The van der Waals surface area contributed by atoms with Gasteiger partial charge in [0.15, 0.2) is 0 Å². The van der Waals surface area contributed by atoms with Crippen LogP contribution in [0.3, 0.4) is 0 Å². The summed E-state index contributed by atoms with van der Waals surface area (Å²) in [6, 6.07) is 7.57. The molecule has 1 aromatic carbocycles. The zero-order valence-electron chi connectivity index (χ0n) is 15.8. The van der Waals surface area contributed by atoms with Crippen LogP contribution in [0.25, 0.3) is 0 Å². The first kappa shape index (κ1) is 20.6. The quantitative estimate of drug-likeness (QED) is 0.488. The summed E-state index contributed by atoms with van der Waals surface area (Å²) in [5, 5.41) is 19.2. The number of rotatable bonds is 10. The van der Waals surface area contributed by atoms with Crippen molar-refractivity contribution < 1.29 is 14.6 Å². The number of aliphatic hydroxyl groups excluding tert-OH is 1. The Labute approximate surface area is 156 Å². The standard InChI is InChI=1S/C19H32N4O3/c1-15(2)21-13-17(24)14-26-18-5-3-16(4-6-18)22-19(25)7-10-23-11-8-20-9-12-23/h3-6,15,17,20-21,24H,7-14H2,1-2H3,(H,22,25). The van der Waals surface area contributed by atoms with Crippen LogP contribution in [0.15, 0.2) is 24.3 Å². The van der Waals surface area contributed by atoms with Gasteiger partial charge in [-0.05, 0) is 24.3 Å². The van der Waals surface area contributed by atoms with Gasteiger partial charge in [-0.15, -0.1) is 0 Å². The molecule has 1 heterocycles. The second kappa shape index (κ2) is 11.1. The van der Waals surface area contributed by atoms with Gasteiger partial charge in [0.1, 0.15) is 18.5 Å². The smallest absolute Gasteiger partial charge is 0.225 e. The van der Waals surface area contributed by atoms with Crippen molar-refractivity contribution in [2.75, 3.05) is 51.2 Å². The van der Waals surface area contributed by atoms with E-state index in [4.69, 9.17) is 4.74 Å². The minimum atomic E-state index is -0.554. The number of anilines is 1. The second-order valence-electron chi connectivity index (χ2n) is 6.94. The molecule has 1 aliphatic heterocycles. The topological polar surface area (TPSA) is 85.9 Å². The van der Waals surface area contributed by atoms with E-state index in [-0.39, 0.29) is 12.5 Å². The van der Waals surface area contributed by atoms with Gasteiger partial charge < -0.3 is 30.7 Å². The van der Waals surface area contributed by atoms with Gasteiger partial charge in [0.25, 0.3) is 0 Å². The number of hydrogen-bond acceptors (Lipinski definition) is 6. The summed E-state index contributed by atoms with van der Waals surface area (Å²) in [6.45, 7) is 9.56. The highest BCUT2D eigenvalue weighted by molar-refractivity contribution is 5.90. The van der Waals surface area contributed by atoms with Crippen molar-refractivity contribution >= 4 is 11.6 Å². The average molecular weight is 364 g/mol. The van der Waals surface area contributed by atoms with E-state index in [0.29, 0.717) is 24.8 Å². The van der Waals surface area contributed by atoms with Crippen molar-refractivity contribution in [2.45, 2.75) is 32.4 Å². The summed E-state index contributed by atoms with van der Waals surface area (Å²) in [4.78, 5) is 14.4. The zero-order valence-corrected chi connectivity index (χ0v) is 15.8. The average Bonchev–Trinajstić information content (AvgIpc) is 2.65. The maximum absolute atomic E-state index is 12.1. The number of nitrogens with zero attached hydrogens (tertiary/aromatic N) is 1.